The Labute approximate surface area is 94.4 Å². The van der Waals surface area contributed by atoms with Crippen LogP contribution in [0.5, 0.6) is 0 Å². The summed E-state index contributed by atoms with van der Waals surface area (Å²) in [5.41, 5.74) is 0.383. The molecular formula is C11H14N4O. The molecule has 1 aromatic heterocycles. The standard InChI is InChI=1S/C11H14N4O/c1-4-8-5-9(6-8)15-7-10(12-13-15)11(16)14(2)3/h1,7-9H,5-6H2,2-3H3. The van der Waals surface area contributed by atoms with Crippen molar-refractivity contribution in [3.05, 3.63) is 11.9 Å². The topological polar surface area (TPSA) is 51.0 Å². The van der Waals surface area contributed by atoms with Crippen LogP contribution in [0.4, 0.5) is 0 Å². The molecule has 5 nitrogen and oxygen atoms in total. The van der Waals surface area contributed by atoms with Crippen LogP contribution in [0.3, 0.4) is 0 Å². The van der Waals surface area contributed by atoms with Gasteiger partial charge in [-0.1, -0.05) is 5.21 Å². The number of hydrogen-bond acceptors (Lipinski definition) is 3. The summed E-state index contributed by atoms with van der Waals surface area (Å²) in [6.45, 7) is 0. The minimum absolute atomic E-state index is 0.126. The third-order valence-corrected chi connectivity index (χ3v) is 2.86. The zero-order chi connectivity index (χ0) is 11.7. The van der Waals surface area contributed by atoms with E-state index in [9.17, 15) is 4.79 Å². The van der Waals surface area contributed by atoms with Gasteiger partial charge in [-0.15, -0.1) is 17.4 Å². The Hall–Kier alpha value is -1.83. The fourth-order valence-corrected chi connectivity index (χ4v) is 1.72. The van der Waals surface area contributed by atoms with Crippen LogP contribution < -0.4 is 0 Å². The lowest BCUT2D eigenvalue weighted by atomic mass is 9.81. The van der Waals surface area contributed by atoms with E-state index in [1.54, 1.807) is 25.0 Å². The number of nitrogens with zero attached hydrogens (tertiary/aromatic N) is 4. The molecule has 0 N–H and O–H groups in total. The largest absolute Gasteiger partial charge is 0.343 e. The van der Waals surface area contributed by atoms with E-state index in [1.807, 2.05) is 0 Å². The molecule has 1 heterocycles. The van der Waals surface area contributed by atoms with E-state index in [0.717, 1.165) is 12.8 Å². The minimum atomic E-state index is -0.126. The number of rotatable bonds is 2. The summed E-state index contributed by atoms with van der Waals surface area (Å²) in [6, 6.07) is 0.303. The van der Waals surface area contributed by atoms with Crippen molar-refractivity contribution in [3.63, 3.8) is 0 Å². The monoisotopic (exact) mass is 218 g/mol. The first-order valence-corrected chi connectivity index (χ1v) is 5.21. The van der Waals surface area contributed by atoms with Crippen molar-refractivity contribution in [2.45, 2.75) is 18.9 Å². The molecule has 1 amide bonds. The molecule has 2 rings (SSSR count). The van der Waals surface area contributed by atoms with Crippen molar-refractivity contribution in [2.24, 2.45) is 5.92 Å². The van der Waals surface area contributed by atoms with Crippen LogP contribution in [0.25, 0.3) is 0 Å². The summed E-state index contributed by atoms with van der Waals surface area (Å²) in [5.74, 6) is 2.94. The average molecular weight is 218 g/mol. The fourth-order valence-electron chi connectivity index (χ4n) is 1.72. The molecule has 1 saturated carbocycles. The van der Waals surface area contributed by atoms with Gasteiger partial charge in [0.2, 0.25) is 0 Å². The molecule has 5 heteroatoms. The van der Waals surface area contributed by atoms with Crippen molar-refractivity contribution in [2.75, 3.05) is 14.1 Å². The number of carbonyl (C=O) groups is 1. The van der Waals surface area contributed by atoms with E-state index in [0.29, 0.717) is 17.7 Å². The Morgan fingerprint density at radius 2 is 2.31 bits per heavy atom. The van der Waals surface area contributed by atoms with Gasteiger partial charge in [0.25, 0.3) is 5.91 Å². The molecule has 0 saturated heterocycles. The third-order valence-electron chi connectivity index (χ3n) is 2.86. The molecule has 1 aliphatic carbocycles. The molecule has 0 radical (unpaired) electrons. The van der Waals surface area contributed by atoms with Gasteiger partial charge in [0, 0.05) is 20.0 Å². The Balaban J connectivity index is 2.04. The van der Waals surface area contributed by atoms with E-state index in [1.165, 1.54) is 4.90 Å². The van der Waals surface area contributed by atoms with Crippen LogP contribution in [-0.4, -0.2) is 39.9 Å². The van der Waals surface area contributed by atoms with Gasteiger partial charge < -0.3 is 4.90 Å². The minimum Gasteiger partial charge on any atom is -0.343 e. The van der Waals surface area contributed by atoms with Gasteiger partial charge in [0.05, 0.1) is 12.2 Å². The van der Waals surface area contributed by atoms with Crippen LogP contribution in [0.1, 0.15) is 29.4 Å². The highest BCUT2D eigenvalue weighted by molar-refractivity contribution is 5.91. The third kappa shape index (κ3) is 1.78. The Bertz CT molecular complexity index is 437. The summed E-state index contributed by atoms with van der Waals surface area (Å²) in [6.07, 6.45) is 8.86. The summed E-state index contributed by atoms with van der Waals surface area (Å²) < 4.78 is 1.74. The molecule has 1 fully saturated rings. The van der Waals surface area contributed by atoms with Crippen LogP contribution in [0.2, 0.25) is 0 Å². The van der Waals surface area contributed by atoms with Crippen molar-refractivity contribution in [1.29, 1.82) is 0 Å². The van der Waals surface area contributed by atoms with Crippen molar-refractivity contribution in [3.8, 4) is 12.3 Å². The second kappa shape index (κ2) is 3.97. The fraction of sp³-hybridized carbons (Fsp3) is 0.545. The van der Waals surface area contributed by atoms with Crippen LogP contribution in [0, 0.1) is 18.3 Å². The zero-order valence-corrected chi connectivity index (χ0v) is 9.42. The van der Waals surface area contributed by atoms with E-state index in [2.05, 4.69) is 16.2 Å². The highest BCUT2D eigenvalue weighted by atomic mass is 16.2. The number of carbonyl (C=O) groups excluding carboxylic acids is 1. The number of amides is 1. The first kappa shape index (κ1) is 10.7. The molecule has 1 aromatic rings. The maximum absolute atomic E-state index is 11.6. The number of terminal acetylenes is 1. The molecule has 0 aromatic carbocycles. The van der Waals surface area contributed by atoms with Crippen LogP contribution in [0.15, 0.2) is 6.20 Å². The first-order valence-electron chi connectivity index (χ1n) is 5.21. The molecule has 0 aliphatic heterocycles. The molecular weight excluding hydrogens is 204 g/mol. The summed E-state index contributed by atoms with van der Waals surface area (Å²) in [4.78, 5) is 13.1. The lowest BCUT2D eigenvalue weighted by molar-refractivity contribution is 0.0822. The van der Waals surface area contributed by atoms with Gasteiger partial charge in [-0.05, 0) is 12.8 Å². The molecule has 0 spiro atoms. The second-order valence-electron chi connectivity index (χ2n) is 4.27. The van der Waals surface area contributed by atoms with Crippen molar-refractivity contribution < 1.29 is 4.79 Å². The predicted molar refractivity (Wildman–Crippen MR) is 58.6 cm³/mol. The maximum atomic E-state index is 11.6. The van der Waals surface area contributed by atoms with Gasteiger partial charge >= 0.3 is 0 Å². The van der Waals surface area contributed by atoms with Gasteiger partial charge in [0.1, 0.15) is 0 Å². The Morgan fingerprint density at radius 3 is 2.88 bits per heavy atom. The first-order chi connectivity index (χ1) is 7.61. The van der Waals surface area contributed by atoms with Crippen LogP contribution >= 0.6 is 0 Å². The van der Waals surface area contributed by atoms with Gasteiger partial charge in [0.15, 0.2) is 5.69 Å². The quantitative estimate of drug-likeness (QED) is 0.682. The molecule has 0 unspecified atom stereocenters. The lowest BCUT2D eigenvalue weighted by Crippen LogP contribution is -2.26. The molecule has 1 aliphatic rings. The summed E-state index contributed by atoms with van der Waals surface area (Å²) in [7, 11) is 3.39. The SMILES string of the molecule is C#CC1CC(n2cc(C(=O)N(C)C)nn2)C1. The molecule has 0 atom stereocenters. The summed E-state index contributed by atoms with van der Waals surface area (Å²) >= 11 is 0. The highest BCUT2D eigenvalue weighted by Gasteiger charge is 2.30. The highest BCUT2D eigenvalue weighted by Crippen LogP contribution is 2.36. The molecule has 84 valence electrons. The van der Waals surface area contributed by atoms with Crippen molar-refractivity contribution >= 4 is 5.91 Å². The Kier molecular flexibility index (Phi) is 2.65. The normalized spacial score (nSPS) is 23.3. The zero-order valence-electron chi connectivity index (χ0n) is 9.42. The average Bonchev–Trinajstić information content (AvgIpc) is 2.64. The smallest absolute Gasteiger partial charge is 0.275 e. The predicted octanol–water partition coefficient (Wildman–Crippen LogP) is 0.564. The summed E-state index contributed by atoms with van der Waals surface area (Å²) in [5, 5.41) is 7.82. The van der Waals surface area contributed by atoms with E-state index < -0.39 is 0 Å². The van der Waals surface area contributed by atoms with Gasteiger partial charge in [-0.2, -0.15) is 0 Å². The van der Waals surface area contributed by atoms with Gasteiger partial charge in [-0.3, -0.25) is 4.79 Å². The number of hydrogen-bond donors (Lipinski definition) is 0. The Morgan fingerprint density at radius 1 is 1.62 bits per heavy atom. The molecule has 0 bridgehead atoms. The van der Waals surface area contributed by atoms with E-state index in [4.69, 9.17) is 6.42 Å². The van der Waals surface area contributed by atoms with Crippen molar-refractivity contribution in [1.82, 2.24) is 19.9 Å². The second-order valence-corrected chi connectivity index (χ2v) is 4.27. The number of aromatic nitrogens is 3. The van der Waals surface area contributed by atoms with Crippen LogP contribution in [-0.2, 0) is 0 Å². The van der Waals surface area contributed by atoms with E-state index >= 15 is 0 Å². The van der Waals surface area contributed by atoms with E-state index in [-0.39, 0.29) is 5.91 Å². The maximum Gasteiger partial charge on any atom is 0.275 e. The lowest BCUT2D eigenvalue weighted by Gasteiger charge is -2.31. The van der Waals surface area contributed by atoms with Gasteiger partial charge in [-0.25, -0.2) is 4.68 Å². The molecule has 16 heavy (non-hydrogen) atoms.